The lowest BCUT2D eigenvalue weighted by Gasteiger charge is -2.27. The number of benzene rings is 1. The number of nitrogens with one attached hydrogen (secondary N) is 1. The van der Waals surface area contributed by atoms with Gasteiger partial charge in [-0.1, -0.05) is 12.1 Å². The molecule has 24 heavy (non-hydrogen) atoms. The molecule has 134 valence electrons. The van der Waals surface area contributed by atoms with Gasteiger partial charge in [-0.2, -0.15) is 13.2 Å². The summed E-state index contributed by atoms with van der Waals surface area (Å²) >= 11 is 0. The van der Waals surface area contributed by atoms with E-state index in [0.717, 1.165) is 12.1 Å². The number of carbonyl (C=O) groups excluding carboxylic acids is 1. The third-order valence-electron chi connectivity index (χ3n) is 3.84. The van der Waals surface area contributed by atoms with E-state index in [0.29, 0.717) is 12.0 Å². The summed E-state index contributed by atoms with van der Waals surface area (Å²) in [5.41, 5.74) is -0.647. The Labute approximate surface area is 139 Å². The molecule has 0 aromatic heterocycles. The Morgan fingerprint density at radius 3 is 2.58 bits per heavy atom. The van der Waals surface area contributed by atoms with Crippen LogP contribution in [-0.2, 0) is 11.0 Å². The molecule has 2 N–H and O–H groups in total. The molecule has 0 aliphatic carbocycles. The fraction of sp³-hybridized carbons (Fsp3) is 0.588. The molecular weight excluding hydrogens is 321 g/mol. The second kappa shape index (κ2) is 6.72. The van der Waals surface area contributed by atoms with Crippen LogP contribution in [0.25, 0.3) is 0 Å². The third-order valence-corrected chi connectivity index (χ3v) is 3.84. The van der Waals surface area contributed by atoms with Crippen LogP contribution in [0.1, 0.15) is 44.4 Å². The first-order valence-corrected chi connectivity index (χ1v) is 7.86. The van der Waals surface area contributed by atoms with Crippen molar-refractivity contribution in [1.82, 2.24) is 10.2 Å². The largest absolute Gasteiger partial charge is 0.416 e. The van der Waals surface area contributed by atoms with E-state index in [1.807, 2.05) is 20.8 Å². The second-order valence-corrected chi connectivity index (χ2v) is 7.26. The van der Waals surface area contributed by atoms with Crippen LogP contribution in [0.15, 0.2) is 24.3 Å². The molecule has 0 radical (unpaired) electrons. The van der Waals surface area contributed by atoms with Gasteiger partial charge in [-0.05, 0) is 44.9 Å². The number of rotatable bonds is 3. The molecule has 4 nitrogen and oxygen atoms in total. The lowest BCUT2D eigenvalue weighted by atomic mass is 10.0. The summed E-state index contributed by atoms with van der Waals surface area (Å²) in [4.78, 5) is 13.8. The molecule has 1 amide bonds. The van der Waals surface area contributed by atoms with Crippen molar-refractivity contribution in [3.63, 3.8) is 0 Å². The zero-order valence-electron chi connectivity index (χ0n) is 14.0. The quantitative estimate of drug-likeness (QED) is 0.886. The van der Waals surface area contributed by atoms with Gasteiger partial charge in [0.25, 0.3) is 0 Å². The van der Waals surface area contributed by atoms with E-state index in [1.165, 1.54) is 6.07 Å². The summed E-state index contributed by atoms with van der Waals surface area (Å²) in [6, 6.07) is 4.67. The average molecular weight is 344 g/mol. The Morgan fingerprint density at radius 2 is 2.00 bits per heavy atom. The monoisotopic (exact) mass is 344 g/mol. The molecule has 0 saturated carbocycles. The highest BCUT2D eigenvalue weighted by Gasteiger charge is 2.36. The smallest absolute Gasteiger partial charge is 0.392 e. The predicted molar refractivity (Wildman–Crippen MR) is 84.3 cm³/mol. The second-order valence-electron chi connectivity index (χ2n) is 7.26. The van der Waals surface area contributed by atoms with E-state index < -0.39 is 23.9 Å². The molecule has 1 aliphatic rings. The van der Waals surface area contributed by atoms with Gasteiger partial charge in [-0.25, -0.2) is 0 Å². The minimum absolute atomic E-state index is 0.0369. The van der Waals surface area contributed by atoms with Crippen molar-refractivity contribution < 1.29 is 23.1 Å². The number of halogens is 3. The standard InChI is InChI=1S/C17H23F3N2O2/c1-16(2,3)21-15(24)10-22-9-13(23)8-14(22)11-5-4-6-12(7-11)17(18,19)20/h4-7,13-14,23H,8-10H2,1-3H3,(H,21,24). The first-order chi connectivity index (χ1) is 11.0. The molecule has 0 bridgehead atoms. The molecule has 2 atom stereocenters. The zero-order chi connectivity index (χ0) is 18.1. The van der Waals surface area contributed by atoms with Crippen LogP contribution in [0, 0.1) is 0 Å². The van der Waals surface area contributed by atoms with Crippen molar-refractivity contribution in [3.05, 3.63) is 35.4 Å². The van der Waals surface area contributed by atoms with Gasteiger partial charge in [-0.3, -0.25) is 9.69 Å². The lowest BCUT2D eigenvalue weighted by molar-refractivity contribution is -0.137. The Kier molecular flexibility index (Phi) is 5.25. The lowest BCUT2D eigenvalue weighted by Crippen LogP contribution is -2.46. The van der Waals surface area contributed by atoms with Gasteiger partial charge in [0.1, 0.15) is 0 Å². The van der Waals surface area contributed by atoms with Crippen molar-refractivity contribution in [2.75, 3.05) is 13.1 Å². The first kappa shape index (κ1) is 18.7. The minimum atomic E-state index is -4.42. The topological polar surface area (TPSA) is 52.6 Å². The summed E-state index contributed by atoms with van der Waals surface area (Å²) in [6.45, 7) is 5.86. The van der Waals surface area contributed by atoms with Gasteiger partial charge in [-0.15, -0.1) is 0 Å². The third kappa shape index (κ3) is 4.95. The Bertz CT molecular complexity index is 596. The van der Waals surface area contributed by atoms with Crippen LogP contribution in [0.2, 0.25) is 0 Å². The average Bonchev–Trinajstić information content (AvgIpc) is 2.76. The van der Waals surface area contributed by atoms with Gasteiger partial charge in [0, 0.05) is 18.1 Å². The highest BCUT2D eigenvalue weighted by molar-refractivity contribution is 5.78. The van der Waals surface area contributed by atoms with Crippen LogP contribution in [-0.4, -0.2) is 40.6 Å². The zero-order valence-corrected chi connectivity index (χ0v) is 14.0. The number of nitrogens with zero attached hydrogens (tertiary/aromatic N) is 1. The molecule has 1 aliphatic heterocycles. The minimum Gasteiger partial charge on any atom is -0.392 e. The van der Waals surface area contributed by atoms with Gasteiger partial charge in [0.15, 0.2) is 0 Å². The Morgan fingerprint density at radius 1 is 1.33 bits per heavy atom. The van der Waals surface area contributed by atoms with Crippen LogP contribution >= 0.6 is 0 Å². The number of carbonyl (C=O) groups is 1. The van der Waals surface area contributed by atoms with E-state index in [2.05, 4.69) is 5.32 Å². The maximum atomic E-state index is 12.9. The molecule has 1 aromatic carbocycles. The van der Waals surface area contributed by atoms with Gasteiger partial charge >= 0.3 is 6.18 Å². The summed E-state index contributed by atoms with van der Waals surface area (Å²) in [5, 5.41) is 12.7. The van der Waals surface area contributed by atoms with Crippen molar-refractivity contribution in [2.45, 2.75) is 51.1 Å². The molecule has 1 fully saturated rings. The Balaban J connectivity index is 2.17. The number of amides is 1. The van der Waals surface area contributed by atoms with E-state index in [4.69, 9.17) is 0 Å². The maximum absolute atomic E-state index is 12.9. The summed E-state index contributed by atoms with van der Waals surface area (Å²) in [6.07, 6.45) is -4.77. The van der Waals surface area contributed by atoms with Gasteiger partial charge < -0.3 is 10.4 Å². The van der Waals surface area contributed by atoms with Crippen LogP contribution in [0.5, 0.6) is 0 Å². The maximum Gasteiger partial charge on any atom is 0.416 e. The van der Waals surface area contributed by atoms with Crippen molar-refractivity contribution in [1.29, 1.82) is 0 Å². The molecule has 7 heteroatoms. The van der Waals surface area contributed by atoms with E-state index >= 15 is 0 Å². The molecule has 0 spiro atoms. The fourth-order valence-corrected chi connectivity index (χ4v) is 2.97. The van der Waals surface area contributed by atoms with E-state index in [-0.39, 0.29) is 24.5 Å². The molecule has 1 aromatic rings. The highest BCUT2D eigenvalue weighted by Crippen LogP contribution is 2.35. The molecule has 2 rings (SSSR count). The fourth-order valence-electron chi connectivity index (χ4n) is 2.97. The number of β-amino-alcohol motifs (C(OH)–C–C–N with tert-alkyl or cyclic N) is 1. The normalized spacial score (nSPS) is 22.6. The first-order valence-electron chi connectivity index (χ1n) is 7.86. The Hall–Kier alpha value is -1.60. The van der Waals surface area contributed by atoms with Crippen LogP contribution in [0.4, 0.5) is 13.2 Å². The van der Waals surface area contributed by atoms with Crippen LogP contribution < -0.4 is 5.32 Å². The van der Waals surface area contributed by atoms with Crippen molar-refractivity contribution in [3.8, 4) is 0 Å². The van der Waals surface area contributed by atoms with E-state index in [9.17, 15) is 23.1 Å². The SMILES string of the molecule is CC(C)(C)NC(=O)CN1CC(O)CC1c1cccc(C(F)(F)F)c1. The van der Waals surface area contributed by atoms with Gasteiger partial charge in [0.05, 0.1) is 18.2 Å². The molecule has 1 heterocycles. The summed E-state index contributed by atoms with van der Waals surface area (Å²) in [7, 11) is 0. The van der Waals surface area contributed by atoms with Crippen molar-refractivity contribution in [2.24, 2.45) is 0 Å². The summed E-state index contributed by atoms with van der Waals surface area (Å²) < 4.78 is 38.7. The van der Waals surface area contributed by atoms with Crippen LogP contribution in [0.3, 0.4) is 0 Å². The highest BCUT2D eigenvalue weighted by atomic mass is 19.4. The predicted octanol–water partition coefficient (Wildman–Crippen LogP) is 2.73. The molecule has 2 unspecified atom stereocenters. The van der Waals surface area contributed by atoms with E-state index in [1.54, 1.807) is 11.0 Å². The molecule has 1 saturated heterocycles. The number of alkyl halides is 3. The van der Waals surface area contributed by atoms with Crippen molar-refractivity contribution >= 4 is 5.91 Å². The number of hydrogen-bond acceptors (Lipinski definition) is 3. The number of aliphatic hydroxyl groups excluding tert-OH is 1. The number of likely N-dealkylation sites (tertiary alicyclic amines) is 1. The molecular formula is C17H23F3N2O2. The number of hydrogen-bond donors (Lipinski definition) is 2. The van der Waals surface area contributed by atoms with Gasteiger partial charge in [0.2, 0.25) is 5.91 Å². The number of aliphatic hydroxyl groups is 1. The summed E-state index contributed by atoms with van der Waals surface area (Å²) in [5.74, 6) is -0.214.